The van der Waals surface area contributed by atoms with Crippen LogP contribution in [-0.4, -0.2) is 38.4 Å². The lowest BCUT2D eigenvalue weighted by atomic mass is 10.1. The number of carboxylic acids is 1. The molecule has 0 radical (unpaired) electrons. The summed E-state index contributed by atoms with van der Waals surface area (Å²) in [5.74, 6) is -0.854. The molecule has 0 aliphatic heterocycles. The molecule has 116 valence electrons. The highest BCUT2D eigenvalue weighted by molar-refractivity contribution is 5.66. The number of hydrogen-bond acceptors (Lipinski definition) is 4. The molecule has 0 aliphatic carbocycles. The Morgan fingerprint density at radius 3 is 2.91 bits per heavy atom. The Morgan fingerprint density at radius 1 is 1.50 bits per heavy atom. The standard InChI is InChI=1S/C16H20N4O2/c1-3-8-19(10-7-15(21)22)13(11-17)16-12(2)18-14-6-4-5-9-20(14)16/h4-6,9,13H,3,7-8,10H2,1-2H3,(H,21,22). The summed E-state index contributed by atoms with van der Waals surface area (Å²) in [4.78, 5) is 17.3. The zero-order valence-electron chi connectivity index (χ0n) is 12.9. The van der Waals surface area contributed by atoms with Crippen LogP contribution in [0, 0.1) is 18.3 Å². The van der Waals surface area contributed by atoms with Crippen LogP contribution in [0.5, 0.6) is 0 Å². The Morgan fingerprint density at radius 2 is 2.27 bits per heavy atom. The van der Waals surface area contributed by atoms with Gasteiger partial charge in [0.05, 0.1) is 23.9 Å². The molecule has 1 atom stereocenters. The first-order chi connectivity index (χ1) is 10.6. The van der Waals surface area contributed by atoms with Crippen molar-refractivity contribution in [3.63, 3.8) is 0 Å². The van der Waals surface area contributed by atoms with E-state index in [2.05, 4.69) is 11.1 Å². The fraction of sp³-hybridized carbons (Fsp3) is 0.438. The third-order valence-corrected chi connectivity index (χ3v) is 3.62. The van der Waals surface area contributed by atoms with Crippen molar-refractivity contribution < 1.29 is 9.90 Å². The Labute approximate surface area is 129 Å². The lowest BCUT2D eigenvalue weighted by Crippen LogP contribution is -2.32. The van der Waals surface area contributed by atoms with Gasteiger partial charge in [-0.2, -0.15) is 5.26 Å². The minimum atomic E-state index is -0.854. The Kier molecular flexibility index (Phi) is 5.12. The van der Waals surface area contributed by atoms with Crippen LogP contribution < -0.4 is 0 Å². The van der Waals surface area contributed by atoms with Gasteiger partial charge in [0, 0.05) is 12.7 Å². The number of aryl methyl sites for hydroxylation is 1. The Hall–Kier alpha value is -2.39. The third-order valence-electron chi connectivity index (χ3n) is 3.62. The van der Waals surface area contributed by atoms with E-state index in [0.29, 0.717) is 13.1 Å². The molecule has 0 spiro atoms. The molecule has 1 unspecified atom stereocenters. The topological polar surface area (TPSA) is 81.6 Å². The van der Waals surface area contributed by atoms with Gasteiger partial charge in [-0.25, -0.2) is 4.98 Å². The van der Waals surface area contributed by atoms with E-state index in [0.717, 1.165) is 23.5 Å². The largest absolute Gasteiger partial charge is 0.481 e. The number of hydrogen-bond donors (Lipinski definition) is 1. The molecule has 6 nitrogen and oxygen atoms in total. The maximum absolute atomic E-state index is 10.9. The number of carbonyl (C=O) groups is 1. The number of aromatic nitrogens is 2. The summed E-state index contributed by atoms with van der Waals surface area (Å²) in [6, 6.07) is 7.51. The fourth-order valence-corrected chi connectivity index (χ4v) is 2.67. The van der Waals surface area contributed by atoms with Crippen LogP contribution in [-0.2, 0) is 4.79 Å². The van der Waals surface area contributed by atoms with Crippen molar-refractivity contribution in [1.29, 1.82) is 5.26 Å². The molecule has 22 heavy (non-hydrogen) atoms. The number of rotatable bonds is 7. The molecule has 6 heteroatoms. The van der Waals surface area contributed by atoms with Crippen LogP contribution in [0.4, 0.5) is 0 Å². The molecule has 0 fully saturated rings. The minimum Gasteiger partial charge on any atom is -0.481 e. The van der Waals surface area contributed by atoms with Gasteiger partial charge >= 0.3 is 5.97 Å². The SMILES string of the molecule is CCCN(CCC(=O)O)C(C#N)c1c(C)nc2ccccn12. The number of pyridine rings is 1. The highest BCUT2D eigenvalue weighted by atomic mass is 16.4. The van der Waals surface area contributed by atoms with Crippen LogP contribution in [0.2, 0.25) is 0 Å². The molecule has 0 aromatic carbocycles. The second kappa shape index (κ2) is 7.05. The molecule has 2 aromatic heterocycles. The molecular weight excluding hydrogens is 280 g/mol. The Bertz CT molecular complexity index is 702. The van der Waals surface area contributed by atoms with E-state index in [1.807, 2.05) is 47.5 Å². The predicted molar refractivity (Wildman–Crippen MR) is 82.4 cm³/mol. The van der Waals surface area contributed by atoms with Gasteiger partial charge < -0.3 is 9.51 Å². The van der Waals surface area contributed by atoms with Crippen molar-refractivity contribution in [2.45, 2.75) is 32.7 Å². The van der Waals surface area contributed by atoms with Crippen molar-refractivity contribution >= 4 is 11.6 Å². The smallest absolute Gasteiger partial charge is 0.304 e. The first-order valence-corrected chi connectivity index (χ1v) is 7.37. The predicted octanol–water partition coefficient (Wildman–Crippen LogP) is 2.39. The van der Waals surface area contributed by atoms with Crippen LogP contribution in [0.3, 0.4) is 0 Å². The summed E-state index contributed by atoms with van der Waals surface area (Å²) in [6.07, 6.45) is 2.76. The summed E-state index contributed by atoms with van der Waals surface area (Å²) in [7, 11) is 0. The second-order valence-corrected chi connectivity index (χ2v) is 5.22. The molecule has 0 saturated carbocycles. The van der Waals surface area contributed by atoms with Gasteiger partial charge in [-0.15, -0.1) is 0 Å². The zero-order valence-corrected chi connectivity index (χ0v) is 12.9. The summed E-state index contributed by atoms with van der Waals surface area (Å²) in [6.45, 7) is 4.92. The molecule has 0 aliphatic rings. The lowest BCUT2D eigenvalue weighted by Gasteiger charge is -2.26. The number of imidazole rings is 1. The quantitative estimate of drug-likeness (QED) is 0.849. The lowest BCUT2D eigenvalue weighted by molar-refractivity contribution is -0.137. The van der Waals surface area contributed by atoms with Crippen molar-refractivity contribution in [2.75, 3.05) is 13.1 Å². The normalized spacial score (nSPS) is 12.5. The zero-order chi connectivity index (χ0) is 16.1. The van der Waals surface area contributed by atoms with Gasteiger partial charge in [-0.3, -0.25) is 9.69 Å². The van der Waals surface area contributed by atoms with Crippen LogP contribution in [0.15, 0.2) is 24.4 Å². The van der Waals surface area contributed by atoms with E-state index in [-0.39, 0.29) is 6.42 Å². The van der Waals surface area contributed by atoms with Crippen LogP contribution in [0.25, 0.3) is 5.65 Å². The van der Waals surface area contributed by atoms with Crippen molar-refractivity contribution in [3.05, 3.63) is 35.8 Å². The highest BCUT2D eigenvalue weighted by Gasteiger charge is 2.25. The van der Waals surface area contributed by atoms with Gasteiger partial charge in [-0.05, 0) is 32.0 Å². The highest BCUT2D eigenvalue weighted by Crippen LogP contribution is 2.25. The number of nitriles is 1. The summed E-state index contributed by atoms with van der Waals surface area (Å²) in [5.41, 5.74) is 2.41. The Balaban J connectivity index is 2.41. The van der Waals surface area contributed by atoms with E-state index < -0.39 is 12.0 Å². The molecule has 2 rings (SSSR count). The third kappa shape index (κ3) is 3.26. The maximum Gasteiger partial charge on any atom is 0.304 e. The van der Waals surface area contributed by atoms with Gasteiger partial charge in [0.25, 0.3) is 0 Å². The number of fused-ring (bicyclic) bond motifs is 1. The van der Waals surface area contributed by atoms with Gasteiger partial charge in [0.1, 0.15) is 11.7 Å². The average Bonchev–Trinajstić information content (AvgIpc) is 2.82. The second-order valence-electron chi connectivity index (χ2n) is 5.22. The average molecular weight is 300 g/mol. The molecule has 2 heterocycles. The number of carboxylic acid groups (broad SMARTS) is 1. The van der Waals surface area contributed by atoms with E-state index in [1.165, 1.54) is 0 Å². The monoisotopic (exact) mass is 300 g/mol. The molecule has 0 saturated heterocycles. The van der Waals surface area contributed by atoms with Gasteiger partial charge in [0.15, 0.2) is 0 Å². The van der Waals surface area contributed by atoms with Gasteiger partial charge in [-0.1, -0.05) is 13.0 Å². The minimum absolute atomic E-state index is 0.0218. The first kappa shape index (κ1) is 16.0. The fourth-order valence-electron chi connectivity index (χ4n) is 2.67. The van der Waals surface area contributed by atoms with Gasteiger partial charge in [0.2, 0.25) is 0 Å². The van der Waals surface area contributed by atoms with E-state index >= 15 is 0 Å². The van der Waals surface area contributed by atoms with E-state index in [9.17, 15) is 10.1 Å². The van der Waals surface area contributed by atoms with E-state index in [1.54, 1.807) is 0 Å². The molecule has 0 bridgehead atoms. The van der Waals surface area contributed by atoms with Crippen molar-refractivity contribution in [3.8, 4) is 6.07 Å². The molecular formula is C16H20N4O2. The van der Waals surface area contributed by atoms with E-state index in [4.69, 9.17) is 5.11 Å². The summed E-state index contributed by atoms with van der Waals surface area (Å²) < 4.78 is 1.91. The maximum atomic E-state index is 10.9. The number of nitrogens with zero attached hydrogens (tertiary/aromatic N) is 4. The molecule has 2 aromatic rings. The molecule has 0 amide bonds. The summed E-state index contributed by atoms with van der Waals surface area (Å²) >= 11 is 0. The summed E-state index contributed by atoms with van der Waals surface area (Å²) in [5, 5.41) is 18.6. The van der Waals surface area contributed by atoms with Crippen molar-refractivity contribution in [2.24, 2.45) is 0 Å². The molecule has 1 N–H and O–H groups in total. The van der Waals surface area contributed by atoms with Crippen LogP contribution >= 0.6 is 0 Å². The van der Waals surface area contributed by atoms with Crippen molar-refractivity contribution in [1.82, 2.24) is 14.3 Å². The first-order valence-electron chi connectivity index (χ1n) is 7.37. The van der Waals surface area contributed by atoms with Crippen LogP contribution in [0.1, 0.15) is 37.2 Å². The number of aliphatic carboxylic acids is 1.